The maximum Gasteiger partial charge on any atom is 0.119 e. The van der Waals surface area contributed by atoms with E-state index in [0.717, 1.165) is 43.0 Å². The van der Waals surface area contributed by atoms with E-state index in [2.05, 4.69) is 13.8 Å². The standard InChI is InChI=1S/C26H44O2/c1-3-5-7-8-11-23-13-15-24(16-14-23)12-10-22-28-26-19-17-25(18-20-26)27-21-9-6-4-2/h17-20,23-24H,3-16,21-22H2,1-2H3. The summed E-state index contributed by atoms with van der Waals surface area (Å²) in [4.78, 5) is 0. The Kier molecular flexibility index (Phi) is 12.2. The number of unbranched alkanes of at least 4 members (excludes halogenated alkanes) is 5. The number of hydrogen-bond acceptors (Lipinski definition) is 2. The molecule has 0 radical (unpaired) electrons. The van der Waals surface area contributed by atoms with Crippen molar-refractivity contribution >= 4 is 0 Å². The zero-order valence-corrected chi connectivity index (χ0v) is 18.6. The molecule has 2 nitrogen and oxygen atoms in total. The molecule has 28 heavy (non-hydrogen) atoms. The van der Waals surface area contributed by atoms with Crippen LogP contribution >= 0.6 is 0 Å². The molecule has 1 aliphatic rings. The van der Waals surface area contributed by atoms with Gasteiger partial charge >= 0.3 is 0 Å². The molecule has 2 heteroatoms. The lowest BCUT2D eigenvalue weighted by molar-refractivity contribution is 0.228. The number of benzene rings is 1. The van der Waals surface area contributed by atoms with Gasteiger partial charge in [-0.25, -0.2) is 0 Å². The molecule has 0 aromatic heterocycles. The van der Waals surface area contributed by atoms with E-state index in [1.807, 2.05) is 24.3 Å². The molecule has 0 saturated heterocycles. The van der Waals surface area contributed by atoms with Crippen molar-refractivity contribution in [1.82, 2.24) is 0 Å². The second kappa shape index (κ2) is 14.8. The van der Waals surface area contributed by atoms with Gasteiger partial charge in [0.15, 0.2) is 0 Å². The molecular formula is C26H44O2. The van der Waals surface area contributed by atoms with Crippen LogP contribution in [0.25, 0.3) is 0 Å². The summed E-state index contributed by atoms with van der Waals surface area (Å²) in [5.41, 5.74) is 0. The molecule has 1 aliphatic carbocycles. The highest BCUT2D eigenvalue weighted by atomic mass is 16.5. The summed E-state index contributed by atoms with van der Waals surface area (Å²) >= 11 is 0. The summed E-state index contributed by atoms with van der Waals surface area (Å²) in [7, 11) is 0. The lowest BCUT2D eigenvalue weighted by atomic mass is 9.78. The van der Waals surface area contributed by atoms with Gasteiger partial charge in [0, 0.05) is 0 Å². The predicted molar refractivity (Wildman–Crippen MR) is 120 cm³/mol. The third-order valence-electron chi connectivity index (χ3n) is 6.30. The van der Waals surface area contributed by atoms with E-state index in [0.29, 0.717) is 0 Å². The van der Waals surface area contributed by atoms with Gasteiger partial charge in [0.25, 0.3) is 0 Å². The average molecular weight is 389 g/mol. The fourth-order valence-electron chi connectivity index (χ4n) is 4.40. The minimum Gasteiger partial charge on any atom is -0.494 e. The number of hydrogen-bond donors (Lipinski definition) is 0. The van der Waals surface area contributed by atoms with E-state index in [1.165, 1.54) is 83.5 Å². The molecule has 0 bridgehead atoms. The van der Waals surface area contributed by atoms with Gasteiger partial charge in [-0.15, -0.1) is 0 Å². The fourth-order valence-corrected chi connectivity index (χ4v) is 4.40. The normalized spacial score (nSPS) is 19.5. The molecule has 0 unspecified atom stereocenters. The van der Waals surface area contributed by atoms with Crippen LogP contribution in [0, 0.1) is 11.8 Å². The highest BCUT2D eigenvalue weighted by Crippen LogP contribution is 2.34. The van der Waals surface area contributed by atoms with Crippen LogP contribution in [0.5, 0.6) is 11.5 Å². The van der Waals surface area contributed by atoms with Crippen molar-refractivity contribution in [1.29, 1.82) is 0 Å². The highest BCUT2D eigenvalue weighted by Gasteiger charge is 2.20. The minimum atomic E-state index is 0.815. The number of ether oxygens (including phenoxy) is 2. The van der Waals surface area contributed by atoms with Gasteiger partial charge in [-0.2, -0.15) is 0 Å². The summed E-state index contributed by atoms with van der Waals surface area (Å²) in [6.45, 7) is 6.17. The fraction of sp³-hybridized carbons (Fsp3) is 0.769. The Morgan fingerprint density at radius 1 is 0.607 bits per heavy atom. The van der Waals surface area contributed by atoms with Crippen LogP contribution in [0.4, 0.5) is 0 Å². The van der Waals surface area contributed by atoms with Crippen molar-refractivity contribution in [2.75, 3.05) is 13.2 Å². The van der Waals surface area contributed by atoms with Crippen LogP contribution in [-0.4, -0.2) is 13.2 Å². The monoisotopic (exact) mass is 388 g/mol. The first kappa shape index (κ1) is 23.1. The molecule has 2 rings (SSSR count). The Morgan fingerprint density at radius 3 is 1.61 bits per heavy atom. The Morgan fingerprint density at radius 2 is 1.07 bits per heavy atom. The van der Waals surface area contributed by atoms with Crippen molar-refractivity contribution in [3.63, 3.8) is 0 Å². The summed E-state index contributed by atoms with van der Waals surface area (Å²) in [6, 6.07) is 8.14. The van der Waals surface area contributed by atoms with E-state index in [9.17, 15) is 0 Å². The summed E-state index contributed by atoms with van der Waals surface area (Å²) in [5, 5.41) is 0. The van der Waals surface area contributed by atoms with E-state index in [-0.39, 0.29) is 0 Å². The van der Waals surface area contributed by atoms with Crippen LogP contribution in [0.1, 0.15) is 104 Å². The Balaban J connectivity index is 1.50. The van der Waals surface area contributed by atoms with Gasteiger partial charge in [-0.3, -0.25) is 0 Å². The first-order chi connectivity index (χ1) is 13.8. The smallest absolute Gasteiger partial charge is 0.119 e. The first-order valence-electron chi connectivity index (χ1n) is 12.2. The van der Waals surface area contributed by atoms with E-state index in [1.54, 1.807) is 0 Å². The van der Waals surface area contributed by atoms with E-state index in [4.69, 9.17) is 9.47 Å². The Labute approximate surface area is 174 Å². The molecule has 0 atom stereocenters. The highest BCUT2D eigenvalue weighted by molar-refractivity contribution is 5.31. The second-order valence-corrected chi connectivity index (χ2v) is 8.75. The molecule has 0 heterocycles. The first-order valence-corrected chi connectivity index (χ1v) is 12.2. The molecule has 0 spiro atoms. The molecule has 0 amide bonds. The zero-order valence-electron chi connectivity index (χ0n) is 18.6. The van der Waals surface area contributed by atoms with E-state index < -0.39 is 0 Å². The third kappa shape index (κ3) is 9.85. The van der Waals surface area contributed by atoms with Crippen molar-refractivity contribution in [3.05, 3.63) is 24.3 Å². The molecule has 1 aromatic carbocycles. The van der Waals surface area contributed by atoms with Gasteiger partial charge in [0.1, 0.15) is 11.5 Å². The molecule has 0 aliphatic heterocycles. The minimum absolute atomic E-state index is 0.815. The molecular weight excluding hydrogens is 344 g/mol. The lowest BCUT2D eigenvalue weighted by Crippen LogP contribution is -2.15. The van der Waals surface area contributed by atoms with Crippen LogP contribution in [0.2, 0.25) is 0 Å². The maximum absolute atomic E-state index is 5.94. The van der Waals surface area contributed by atoms with Crippen LogP contribution in [-0.2, 0) is 0 Å². The molecule has 1 fully saturated rings. The van der Waals surface area contributed by atoms with Crippen molar-refractivity contribution in [3.8, 4) is 11.5 Å². The number of rotatable bonds is 15. The topological polar surface area (TPSA) is 18.5 Å². The van der Waals surface area contributed by atoms with E-state index >= 15 is 0 Å². The van der Waals surface area contributed by atoms with Gasteiger partial charge in [0.05, 0.1) is 13.2 Å². The summed E-state index contributed by atoms with van der Waals surface area (Å²) in [6.07, 6.45) is 19.1. The van der Waals surface area contributed by atoms with Gasteiger partial charge in [-0.05, 0) is 55.4 Å². The maximum atomic E-state index is 5.94. The summed E-state index contributed by atoms with van der Waals surface area (Å²) in [5.74, 6) is 3.88. The zero-order chi connectivity index (χ0) is 19.9. The Hall–Kier alpha value is -1.18. The molecule has 1 aromatic rings. The van der Waals surface area contributed by atoms with Crippen molar-refractivity contribution in [2.45, 2.75) is 104 Å². The van der Waals surface area contributed by atoms with Gasteiger partial charge in [0.2, 0.25) is 0 Å². The molecule has 0 N–H and O–H groups in total. The Bertz CT molecular complexity index is 474. The average Bonchev–Trinajstić information content (AvgIpc) is 2.74. The van der Waals surface area contributed by atoms with Crippen LogP contribution < -0.4 is 9.47 Å². The van der Waals surface area contributed by atoms with Crippen molar-refractivity contribution < 1.29 is 9.47 Å². The third-order valence-corrected chi connectivity index (χ3v) is 6.30. The largest absolute Gasteiger partial charge is 0.494 e. The quantitative estimate of drug-likeness (QED) is 0.282. The second-order valence-electron chi connectivity index (χ2n) is 8.75. The van der Waals surface area contributed by atoms with Gasteiger partial charge in [-0.1, -0.05) is 84.5 Å². The summed E-state index contributed by atoms with van der Waals surface area (Å²) < 4.78 is 11.7. The SMILES string of the molecule is CCCCCCC1CCC(CCCOc2ccc(OCCCCC)cc2)CC1. The van der Waals surface area contributed by atoms with Crippen LogP contribution in [0.3, 0.4) is 0 Å². The van der Waals surface area contributed by atoms with Gasteiger partial charge < -0.3 is 9.47 Å². The van der Waals surface area contributed by atoms with Crippen molar-refractivity contribution in [2.24, 2.45) is 11.8 Å². The predicted octanol–water partition coefficient (Wildman–Crippen LogP) is 8.19. The van der Waals surface area contributed by atoms with Crippen LogP contribution in [0.15, 0.2) is 24.3 Å². The lowest BCUT2D eigenvalue weighted by Gasteiger charge is -2.28. The molecule has 1 saturated carbocycles. The molecule has 160 valence electrons.